The Balaban J connectivity index is 2.57. The molecule has 5 nitrogen and oxygen atoms in total. The van der Waals surface area contributed by atoms with E-state index in [-0.39, 0.29) is 19.0 Å². The molecule has 0 radical (unpaired) electrons. The van der Waals surface area contributed by atoms with Crippen LogP contribution < -0.4 is 5.73 Å². The number of benzene rings is 1. The van der Waals surface area contributed by atoms with E-state index in [9.17, 15) is 4.79 Å². The molecule has 0 atom stereocenters. The fourth-order valence-corrected chi connectivity index (χ4v) is 1.97. The first-order valence-electron chi connectivity index (χ1n) is 6.08. The van der Waals surface area contributed by atoms with Gasteiger partial charge in [0.15, 0.2) is 6.29 Å². The summed E-state index contributed by atoms with van der Waals surface area (Å²) >= 11 is 0. The molecule has 0 aliphatic rings. The van der Waals surface area contributed by atoms with Crippen molar-refractivity contribution in [2.75, 3.05) is 12.3 Å². The molecular weight excluding hydrogens is 242 g/mol. The number of aryl methyl sites for hydroxylation is 2. The molecule has 0 amide bonds. The largest absolute Gasteiger partial charge is 0.394 e. The van der Waals surface area contributed by atoms with Crippen molar-refractivity contribution in [3.8, 4) is 11.3 Å². The summed E-state index contributed by atoms with van der Waals surface area (Å²) < 4.78 is 1.45. The molecule has 0 saturated heterocycles. The standard InChI is InChI=1S/C14H17N3O2/c1-9-3-4-11(7-10(9)2)13-12(8-19)14(15)17(16-13)5-6-18/h3-4,7-8,18H,5-6,15H2,1-2H3. The van der Waals surface area contributed by atoms with Crippen LogP contribution in [0.25, 0.3) is 11.3 Å². The Bertz CT molecular complexity index is 617. The first-order chi connectivity index (χ1) is 9.08. The van der Waals surface area contributed by atoms with Crippen LogP contribution in [-0.4, -0.2) is 27.8 Å². The number of carbonyl (C=O) groups excluding carboxylic acids is 1. The lowest BCUT2D eigenvalue weighted by molar-refractivity contribution is 0.112. The van der Waals surface area contributed by atoms with Crippen molar-refractivity contribution in [2.45, 2.75) is 20.4 Å². The van der Waals surface area contributed by atoms with E-state index < -0.39 is 0 Å². The van der Waals surface area contributed by atoms with E-state index in [1.54, 1.807) is 0 Å². The van der Waals surface area contributed by atoms with E-state index >= 15 is 0 Å². The van der Waals surface area contributed by atoms with Crippen molar-refractivity contribution in [2.24, 2.45) is 0 Å². The van der Waals surface area contributed by atoms with Crippen LogP contribution in [0.2, 0.25) is 0 Å². The number of nitrogen functional groups attached to an aromatic ring is 1. The lowest BCUT2D eigenvalue weighted by atomic mass is 10.0. The highest BCUT2D eigenvalue weighted by Crippen LogP contribution is 2.27. The summed E-state index contributed by atoms with van der Waals surface area (Å²) in [5.74, 6) is 0.289. The molecule has 5 heteroatoms. The fourth-order valence-electron chi connectivity index (χ4n) is 1.97. The number of anilines is 1. The maximum Gasteiger partial charge on any atom is 0.156 e. The Kier molecular flexibility index (Phi) is 3.66. The molecule has 0 unspecified atom stereocenters. The smallest absolute Gasteiger partial charge is 0.156 e. The van der Waals surface area contributed by atoms with Crippen LogP contribution in [-0.2, 0) is 6.54 Å². The summed E-state index contributed by atoms with van der Waals surface area (Å²) in [6.07, 6.45) is 0.709. The van der Waals surface area contributed by atoms with Gasteiger partial charge in [-0.25, -0.2) is 4.68 Å². The Labute approximate surface area is 111 Å². The number of aromatic nitrogens is 2. The number of aliphatic hydroxyl groups excluding tert-OH is 1. The Morgan fingerprint density at radius 3 is 2.68 bits per heavy atom. The predicted molar refractivity (Wildman–Crippen MR) is 74.0 cm³/mol. The van der Waals surface area contributed by atoms with Gasteiger partial charge in [-0.1, -0.05) is 12.1 Å². The van der Waals surface area contributed by atoms with Crippen molar-refractivity contribution in [3.05, 3.63) is 34.9 Å². The molecule has 2 aromatic rings. The highest BCUT2D eigenvalue weighted by Gasteiger charge is 2.16. The van der Waals surface area contributed by atoms with Gasteiger partial charge in [-0.3, -0.25) is 4.79 Å². The number of nitrogens with zero attached hydrogens (tertiary/aromatic N) is 2. The Morgan fingerprint density at radius 1 is 1.37 bits per heavy atom. The molecule has 3 N–H and O–H groups in total. The van der Waals surface area contributed by atoms with E-state index in [4.69, 9.17) is 10.8 Å². The molecule has 1 heterocycles. The summed E-state index contributed by atoms with van der Waals surface area (Å²) in [5, 5.41) is 13.3. The third-order valence-corrected chi connectivity index (χ3v) is 3.24. The third kappa shape index (κ3) is 2.37. The number of hydrogen-bond acceptors (Lipinski definition) is 4. The van der Waals surface area contributed by atoms with Crippen LogP contribution in [0.1, 0.15) is 21.5 Å². The van der Waals surface area contributed by atoms with Gasteiger partial charge in [0.2, 0.25) is 0 Å². The topological polar surface area (TPSA) is 81.1 Å². The van der Waals surface area contributed by atoms with Gasteiger partial charge in [0.1, 0.15) is 11.5 Å². The number of aldehydes is 1. The number of carbonyl (C=O) groups is 1. The predicted octanol–water partition coefficient (Wildman–Crippen LogP) is 1.55. The van der Waals surface area contributed by atoms with Crippen LogP contribution >= 0.6 is 0 Å². The van der Waals surface area contributed by atoms with Crippen LogP contribution in [0.3, 0.4) is 0 Å². The van der Waals surface area contributed by atoms with Crippen LogP contribution in [0, 0.1) is 13.8 Å². The minimum absolute atomic E-state index is 0.0729. The average Bonchev–Trinajstić information content (AvgIpc) is 2.70. The number of aliphatic hydroxyl groups is 1. The van der Waals surface area contributed by atoms with E-state index in [1.807, 2.05) is 32.0 Å². The van der Waals surface area contributed by atoms with Gasteiger partial charge in [0, 0.05) is 5.56 Å². The molecule has 0 bridgehead atoms. The second-order valence-electron chi connectivity index (χ2n) is 4.51. The van der Waals surface area contributed by atoms with Gasteiger partial charge in [-0.05, 0) is 31.0 Å². The van der Waals surface area contributed by atoms with E-state index in [1.165, 1.54) is 10.2 Å². The van der Waals surface area contributed by atoms with Gasteiger partial charge >= 0.3 is 0 Å². The number of rotatable bonds is 4. The molecule has 19 heavy (non-hydrogen) atoms. The van der Waals surface area contributed by atoms with E-state index in [0.29, 0.717) is 17.5 Å². The fraction of sp³-hybridized carbons (Fsp3) is 0.286. The molecule has 0 saturated carbocycles. The molecular formula is C14H17N3O2. The summed E-state index contributed by atoms with van der Waals surface area (Å²) in [7, 11) is 0. The van der Waals surface area contributed by atoms with Crippen molar-refractivity contribution >= 4 is 12.1 Å². The average molecular weight is 259 g/mol. The van der Waals surface area contributed by atoms with Crippen molar-refractivity contribution in [3.63, 3.8) is 0 Å². The molecule has 0 fully saturated rings. The Hall–Kier alpha value is -2.14. The van der Waals surface area contributed by atoms with Crippen LogP contribution in [0.5, 0.6) is 0 Å². The number of nitrogens with two attached hydrogens (primary N) is 1. The quantitative estimate of drug-likeness (QED) is 0.816. The minimum Gasteiger partial charge on any atom is -0.394 e. The van der Waals surface area contributed by atoms with Crippen LogP contribution in [0.4, 0.5) is 5.82 Å². The van der Waals surface area contributed by atoms with Crippen molar-refractivity contribution in [1.82, 2.24) is 9.78 Å². The van der Waals surface area contributed by atoms with Gasteiger partial charge in [0.05, 0.1) is 18.7 Å². The third-order valence-electron chi connectivity index (χ3n) is 3.24. The minimum atomic E-state index is -0.0729. The molecule has 2 rings (SSSR count). The van der Waals surface area contributed by atoms with Gasteiger partial charge in [-0.2, -0.15) is 5.10 Å². The molecule has 1 aromatic heterocycles. The molecule has 0 spiro atoms. The highest BCUT2D eigenvalue weighted by molar-refractivity contribution is 5.91. The maximum absolute atomic E-state index is 11.2. The molecule has 1 aromatic carbocycles. The first kappa shape index (κ1) is 13.3. The van der Waals surface area contributed by atoms with Crippen LogP contribution in [0.15, 0.2) is 18.2 Å². The monoisotopic (exact) mass is 259 g/mol. The van der Waals surface area contributed by atoms with E-state index in [2.05, 4.69) is 5.10 Å². The SMILES string of the molecule is Cc1ccc(-c2nn(CCO)c(N)c2C=O)cc1C. The molecule has 0 aliphatic carbocycles. The van der Waals surface area contributed by atoms with Crippen molar-refractivity contribution in [1.29, 1.82) is 0 Å². The lowest BCUT2D eigenvalue weighted by Gasteiger charge is -2.03. The Morgan fingerprint density at radius 2 is 2.11 bits per heavy atom. The summed E-state index contributed by atoms with van der Waals surface area (Å²) in [6, 6.07) is 5.88. The summed E-state index contributed by atoms with van der Waals surface area (Å²) in [5.41, 5.74) is 9.96. The molecule has 0 aliphatic heterocycles. The van der Waals surface area contributed by atoms with Crippen molar-refractivity contribution < 1.29 is 9.90 Å². The maximum atomic E-state index is 11.2. The van der Waals surface area contributed by atoms with E-state index in [0.717, 1.165) is 11.1 Å². The zero-order valence-electron chi connectivity index (χ0n) is 11.1. The van der Waals surface area contributed by atoms with Gasteiger partial charge in [-0.15, -0.1) is 0 Å². The second-order valence-corrected chi connectivity index (χ2v) is 4.51. The first-order valence-corrected chi connectivity index (χ1v) is 6.08. The zero-order chi connectivity index (χ0) is 14.0. The normalized spacial score (nSPS) is 10.7. The lowest BCUT2D eigenvalue weighted by Crippen LogP contribution is -2.08. The highest BCUT2D eigenvalue weighted by atomic mass is 16.3. The zero-order valence-corrected chi connectivity index (χ0v) is 11.1. The summed E-state index contributed by atoms with van der Waals surface area (Å²) in [6.45, 7) is 4.24. The number of hydrogen-bond donors (Lipinski definition) is 2. The molecule has 100 valence electrons. The summed E-state index contributed by atoms with van der Waals surface area (Å²) in [4.78, 5) is 11.2. The second kappa shape index (κ2) is 5.24. The van der Waals surface area contributed by atoms with Gasteiger partial charge in [0.25, 0.3) is 0 Å². The van der Waals surface area contributed by atoms with Gasteiger partial charge < -0.3 is 10.8 Å².